The maximum Gasteiger partial charge on any atom is 0.237 e. The second-order valence-corrected chi connectivity index (χ2v) is 4.03. The molecule has 0 aliphatic heterocycles. The summed E-state index contributed by atoms with van der Waals surface area (Å²) in [5, 5.41) is 0. The van der Waals surface area contributed by atoms with E-state index < -0.39 is 0 Å². The zero-order chi connectivity index (χ0) is 12.5. The van der Waals surface area contributed by atoms with Crippen molar-refractivity contribution in [3.05, 3.63) is 29.8 Å². The molecule has 0 aliphatic carbocycles. The van der Waals surface area contributed by atoms with E-state index >= 15 is 0 Å². The number of rotatable bonds is 5. The molecule has 0 amide bonds. The van der Waals surface area contributed by atoms with Crippen molar-refractivity contribution in [1.82, 2.24) is 0 Å². The molecule has 0 heterocycles. The molecule has 0 unspecified atom stereocenters. The number of ketones is 1. The Labute approximate surface area is 103 Å². The van der Waals surface area contributed by atoms with Crippen molar-refractivity contribution in [2.45, 2.75) is 39.0 Å². The quantitative estimate of drug-likeness (QED) is 0.276. The van der Waals surface area contributed by atoms with Gasteiger partial charge in [0.15, 0.2) is 0 Å². The predicted octanol–water partition coefficient (Wildman–Crippen LogP) is 3.43. The molecular weight excluding hydrogens is 210 g/mol. The van der Waals surface area contributed by atoms with Crippen molar-refractivity contribution in [3.8, 4) is 11.8 Å². The highest BCUT2D eigenvalue weighted by Gasteiger charge is 2.04. The zero-order valence-electron chi connectivity index (χ0n) is 10.3. The van der Waals surface area contributed by atoms with Crippen LogP contribution in [0.4, 0.5) is 5.69 Å². The van der Waals surface area contributed by atoms with E-state index in [-0.39, 0.29) is 5.78 Å². The first-order chi connectivity index (χ1) is 8.25. The summed E-state index contributed by atoms with van der Waals surface area (Å²) in [5.41, 5.74) is 6.71. The van der Waals surface area contributed by atoms with Gasteiger partial charge in [0, 0.05) is 12.1 Å². The molecule has 0 fully saturated rings. The summed E-state index contributed by atoms with van der Waals surface area (Å²) in [4.78, 5) is 11.7. The number of carbonyl (C=O) groups excluding carboxylic acids is 1. The molecule has 0 saturated carbocycles. The monoisotopic (exact) mass is 229 g/mol. The van der Waals surface area contributed by atoms with Crippen LogP contribution in [-0.4, -0.2) is 5.78 Å². The summed E-state index contributed by atoms with van der Waals surface area (Å²) in [7, 11) is 0. The third kappa shape index (κ3) is 4.74. The third-order valence-corrected chi connectivity index (χ3v) is 2.56. The van der Waals surface area contributed by atoms with E-state index in [4.69, 9.17) is 5.73 Å². The number of hydrogen-bond donors (Lipinski definition) is 1. The summed E-state index contributed by atoms with van der Waals surface area (Å²) in [6, 6.07) is 7.04. The van der Waals surface area contributed by atoms with Crippen molar-refractivity contribution >= 4 is 11.5 Å². The Balaban J connectivity index is 2.45. The van der Waals surface area contributed by atoms with E-state index in [9.17, 15) is 4.79 Å². The van der Waals surface area contributed by atoms with Crippen LogP contribution in [-0.2, 0) is 0 Å². The van der Waals surface area contributed by atoms with E-state index in [2.05, 4.69) is 18.8 Å². The molecule has 0 atom stereocenters. The standard InChI is InChI=1S/C15H19NO/c1-2-3-4-5-6-7-12-15(17)13-10-8-9-11-14(13)16/h8-11H,2-6,16H2,1H3. The average molecular weight is 229 g/mol. The Morgan fingerprint density at radius 2 is 2.00 bits per heavy atom. The number of carbonyl (C=O) groups is 1. The van der Waals surface area contributed by atoms with Gasteiger partial charge in [-0.3, -0.25) is 4.79 Å². The molecule has 90 valence electrons. The van der Waals surface area contributed by atoms with Crippen LogP contribution in [0, 0.1) is 11.8 Å². The fraction of sp³-hybridized carbons (Fsp3) is 0.400. The van der Waals surface area contributed by atoms with Crippen molar-refractivity contribution < 1.29 is 4.79 Å². The van der Waals surface area contributed by atoms with E-state index in [1.165, 1.54) is 19.3 Å². The van der Waals surface area contributed by atoms with Gasteiger partial charge in [0.1, 0.15) is 0 Å². The Bertz CT molecular complexity index is 426. The highest BCUT2D eigenvalue weighted by Crippen LogP contribution is 2.10. The highest BCUT2D eigenvalue weighted by molar-refractivity contribution is 6.12. The topological polar surface area (TPSA) is 43.1 Å². The maximum absolute atomic E-state index is 11.7. The largest absolute Gasteiger partial charge is 0.398 e. The lowest BCUT2D eigenvalue weighted by atomic mass is 10.1. The molecule has 17 heavy (non-hydrogen) atoms. The smallest absolute Gasteiger partial charge is 0.237 e. The average Bonchev–Trinajstić information content (AvgIpc) is 2.34. The molecular formula is C15H19NO. The predicted molar refractivity (Wildman–Crippen MR) is 71.7 cm³/mol. The second kappa shape index (κ2) is 7.51. The third-order valence-electron chi connectivity index (χ3n) is 2.56. The number of para-hydroxylation sites is 1. The van der Waals surface area contributed by atoms with Crippen LogP contribution in [0.15, 0.2) is 24.3 Å². The number of benzene rings is 1. The fourth-order valence-electron chi connectivity index (χ4n) is 1.55. The van der Waals surface area contributed by atoms with Crippen molar-refractivity contribution in [1.29, 1.82) is 0 Å². The normalized spacial score (nSPS) is 9.47. The van der Waals surface area contributed by atoms with E-state index in [1.807, 2.05) is 6.07 Å². The van der Waals surface area contributed by atoms with Gasteiger partial charge in [-0.25, -0.2) is 0 Å². The molecule has 0 aliphatic rings. The number of Topliss-reactive ketones (excluding diaryl/α,β-unsaturated/α-hetero) is 1. The molecule has 0 radical (unpaired) electrons. The minimum Gasteiger partial charge on any atom is -0.398 e. The summed E-state index contributed by atoms with van der Waals surface area (Å²) < 4.78 is 0. The Morgan fingerprint density at radius 3 is 2.71 bits per heavy atom. The molecule has 0 spiro atoms. The van der Waals surface area contributed by atoms with E-state index in [1.54, 1.807) is 18.2 Å². The first kappa shape index (κ1) is 13.3. The first-order valence-corrected chi connectivity index (χ1v) is 6.13. The molecule has 0 aromatic heterocycles. The Kier molecular flexibility index (Phi) is 5.88. The SMILES string of the molecule is CCCCCCC#CC(=O)c1ccccc1N. The minimum absolute atomic E-state index is 0.182. The summed E-state index contributed by atoms with van der Waals surface area (Å²) in [6.07, 6.45) is 5.50. The van der Waals surface area contributed by atoms with Crippen molar-refractivity contribution in [2.24, 2.45) is 0 Å². The van der Waals surface area contributed by atoms with Gasteiger partial charge in [-0.15, -0.1) is 0 Å². The summed E-state index contributed by atoms with van der Waals surface area (Å²) >= 11 is 0. The Morgan fingerprint density at radius 1 is 1.24 bits per heavy atom. The van der Waals surface area contributed by atoms with Crippen LogP contribution in [0.2, 0.25) is 0 Å². The number of unbranched alkanes of at least 4 members (excludes halogenated alkanes) is 4. The van der Waals surface area contributed by atoms with E-state index in [0.29, 0.717) is 11.3 Å². The van der Waals surface area contributed by atoms with Gasteiger partial charge < -0.3 is 5.73 Å². The lowest BCUT2D eigenvalue weighted by Crippen LogP contribution is -2.00. The lowest BCUT2D eigenvalue weighted by molar-refractivity contribution is 0.105. The fourth-order valence-corrected chi connectivity index (χ4v) is 1.55. The molecule has 0 bridgehead atoms. The second-order valence-electron chi connectivity index (χ2n) is 4.03. The summed E-state index contributed by atoms with van der Waals surface area (Å²) in [5.74, 6) is 5.38. The molecule has 1 aromatic carbocycles. The number of nitrogens with two attached hydrogens (primary N) is 1. The van der Waals surface area contributed by atoms with E-state index in [0.717, 1.165) is 12.8 Å². The van der Waals surface area contributed by atoms with Crippen molar-refractivity contribution in [3.63, 3.8) is 0 Å². The number of hydrogen-bond acceptors (Lipinski definition) is 2. The van der Waals surface area contributed by atoms with Gasteiger partial charge in [-0.2, -0.15) is 0 Å². The van der Waals surface area contributed by atoms with Gasteiger partial charge >= 0.3 is 0 Å². The van der Waals surface area contributed by atoms with Gasteiger partial charge in [0.2, 0.25) is 5.78 Å². The molecule has 2 nitrogen and oxygen atoms in total. The zero-order valence-corrected chi connectivity index (χ0v) is 10.3. The molecule has 1 aromatic rings. The molecule has 1 rings (SSSR count). The van der Waals surface area contributed by atoms with Gasteiger partial charge in [0.05, 0.1) is 5.56 Å². The lowest BCUT2D eigenvalue weighted by Gasteiger charge is -1.98. The van der Waals surface area contributed by atoms with Gasteiger partial charge in [0.25, 0.3) is 0 Å². The Hall–Kier alpha value is -1.75. The molecule has 2 heteroatoms. The summed E-state index contributed by atoms with van der Waals surface area (Å²) in [6.45, 7) is 2.17. The van der Waals surface area contributed by atoms with Crippen LogP contribution in [0.5, 0.6) is 0 Å². The maximum atomic E-state index is 11.7. The van der Waals surface area contributed by atoms with Crippen LogP contribution in [0.1, 0.15) is 49.4 Å². The molecule has 0 saturated heterocycles. The highest BCUT2D eigenvalue weighted by atomic mass is 16.1. The van der Waals surface area contributed by atoms with Crippen LogP contribution in [0.3, 0.4) is 0 Å². The van der Waals surface area contributed by atoms with Crippen LogP contribution in [0.25, 0.3) is 0 Å². The van der Waals surface area contributed by atoms with Crippen LogP contribution < -0.4 is 5.73 Å². The number of anilines is 1. The van der Waals surface area contributed by atoms with Gasteiger partial charge in [-0.1, -0.05) is 44.2 Å². The number of nitrogen functional groups attached to an aromatic ring is 1. The minimum atomic E-state index is -0.182. The van der Waals surface area contributed by atoms with Gasteiger partial charge in [-0.05, 0) is 24.5 Å². The van der Waals surface area contributed by atoms with Crippen molar-refractivity contribution in [2.75, 3.05) is 5.73 Å². The first-order valence-electron chi connectivity index (χ1n) is 6.13. The van der Waals surface area contributed by atoms with Crippen LogP contribution >= 0.6 is 0 Å². The molecule has 2 N–H and O–H groups in total.